The molecule has 2 rings (SSSR count). The average molecular weight is 517 g/mol. The van der Waals surface area contributed by atoms with Gasteiger partial charge in [-0.15, -0.1) is 0 Å². The maximum atomic E-state index is 13.1. The van der Waals surface area contributed by atoms with Crippen molar-refractivity contribution in [2.75, 3.05) is 6.54 Å². The molecule has 158 valence electrons. The zero-order valence-electron chi connectivity index (χ0n) is 14.6. The van der Waals surface area contributed by atoms with Gasteiger partial charge in [-0.2, -0.15) is 26.3 Å². The molecule has 1 saturated carbocycles. The number of carbonyl (C=O) groups is 1. The van der Waals surface area contributed by atoms with Gasteiger partial charge in [-0.05, 0) is 25.7 Å². The quantitative estimate of drug-likeness (QED) is 0.185. The van der Waals surface area contributed by atoms with E-state index in [0.717, 1.165) is 6.42 Å². The van der Waals surface area contributed by atoms with E-state index >= 15 is 0 Å². The van der Waals surface area contributed by atoms with E-state index in [9.17, 15) is 36.2 Å². The van der Waals surface area contributed by atoms with Crippen LogP contribution in [0.5, 0.6) is 0 Å². The first-order valence-electron chi connectivity index (χ1n) is 8.69. The summed E-state index contributed by atoms with van der Waals surface area (Å²) >= 11 is 1.78. The van der Waals surface area contributed by atoms with Crippen LogP contribution >= 0.6 is 22.6 Å². The van der Waals surface area contributed by atoms with Crippen LogP contribution in [0.3, 0.4) is 0 Å². The van der Waals surface area contributed by atoms with Crippen LogP contribution in [0.1, 0.15) is 45.4 Å². The number of nitrogens with one attached hydrogen (secondary N) is 1. The maximum Gasteiger partial charge on any atom is 0.426 e. The maximum absolute atomic E-state index is 13.1. The van der Waals surface area contributed by atoms with E-state index in [2.05, 4.69) is 5.32 Å². The van der Waals surface area contributed by atoms with Gasteiger partial charge in [0.2, 0.25) is 0 Å². The van der Waals surface area contributed by atoms with E-state index in [1.165, 1.54) is 6.92 Å². The second-order valence-electron chi connectivity index (χ2n) is 7.44. The number of carbonyl (C=O) groups excluding carboxylic acids is 1. The molecule has 0 aromatic heterocycles. The lowest BCUT2D eigenvalue weighted by Crippen LogP contribution is -2.59. The largest absolute Gasteiger partial charge is 0.461 e. The topological polar surface area (TPSA) is 68.5 Å². The van der Waals surface area contributed by atoms with E-state index < -0.39 is 45.8 Å². The molecule has 0 aromatic rings. The third-order valence-corrected chi connectivity index (χ3v) is 6.52. The molecule has 0 spiro atoms. The summed E-state index contributed by atoms with van der Waals surface area (Å²) in [6.45, 7) is 2.02. The highest BCUT2D eigenvalue weighted by atomic mass is 127. The normalized spacial score (nSPS) is 25.6. The minimum Gasteiger partial charge on any atom is -0.461 e. The van der Waals surface area contributed by atoms with Crippen molar-refractivity contribution in [1.82, 2.24) is 5.32 Å². The van der Waals surface area contributed by atoms with Crippen molar-refractivity contribution >= 4 is 28.6 Å². The molecule has 11 heteroatoms. The molecule has 2 aliphatic rings. The van der Waals surface area contributed by atoms with Crippen molar-refractivity contribution < 1.29 is 41.0 Å². The molecule has 2 fully saturated rings. The molecule has 0 amide bonds. The highest BCUT2D eigenvalue weighted by Crippen LogP contribution is 2.48. The van der Waals surface area contributed by atoms with Gasteiger partial charge in [0.1, 0.15) is 9.53 Å². The first-order valence-corrected chi connectivity index (χ1v) is 9.77. The number of halogens is 7. The summed E-state index contributed by atoms with van der Waals surface area (Å²) in [6.07, 6.45) is -12.5. The van der Waals surface area contributed by atoms with E-state index in [1.54, 1.807) is 22.6 Å². The number of aliphatic hydroxyl groups is 1. The molecule has 2 N–H and O–H groups in total. The molecule has 3 unspecified atom stereocenters. The molecule has 4 nitrogen and oxygen atoms in total. The Labute approximate surface area is 166 Å². The zero-order chi connectivity index (χ0) is 20.7. The minimum atomic E-state index is -5.93. The lowest BCUT2D eigenvalue weighted by Gasteiger charge is -2.39. The van der Waals surface area contributed by atoms with Crippen molar-refractivity contribution in [1.29, 1.82) is 0 Å². The molecular formula is C16H22F6INO3. The first kappa shape index (κ1) is 23.0. The summed E-state index contributed by atoms with van der Waals surface area (Å²) in [6, 6.07) is -0.248. The van der Waals surface area contributed by atoms with Crippen molar-refractivity contribution in [3.05, 3.63) is 0 Å². The first-order chi connectivity index (χ1) is 12.2. The summed E-state index contributed by atoms with van der Waals surface area (Å²) in [5.41, 5.74) is -4.93. The number of hydrogen-bond donors (Lipinski definition) is 2. The molecule has 1 aliphatic carbocycles. The summed E-state index contributed by atoms with van der Waals surface area (Å²) in [5, 5.41) is 12.5. The smallest absolute Gasteiger partial charge is 0.426 e. The van der Waals surface area contributed by atoms with Gasteiger partial charge in [-0.3, -0.25) is 4.79 Å². The molecule has 0 bridgehead atoms. The van der Waals surface area contributed by atoms with E-state index in [0.29, 0.717) is 32.2 Å². The molecule has 0 radical (unpaired) electrons. The Morgan fingerprint density at radius 1 is 1.15 bits per heavy atom. The van der Waals surface area contributed by atoms with E-state index in [1.807, 2.05) is 0 Å². The average Bonchev–Trinajstić information content (AvgIpc) is 3.38. The predicted octanol–water partition coefficient (Wildman–Crippen LogP) is 3.89. The third kappa shape index (κ3) is 5.01. The van der Waals surface area contributed by atoms with Gasteiger partial charge >= 0.3 is 18.3 Å². The predicted molar refractivity (Wildman–Crippen MR) is 92.3 cm³/mol. The lowest BCUT2D eigenvalue weighted by atomic mass is 9.80. The van der Waals surface area contributed by atoms with Gasteiger partial charge in [-0.1, -0.05) is 41.9 Å². The number of alkyl halides is 7. The Hall–Kier alpha value is -0.300. The summed E-state index contributed by atoms with van der Waals surface area (Å²) < 4.78 is 82.8. The molecule has 27 heavy (non-hydrogen) atoms. The molecule has 1 heterocycles. The van der Waals surface area contributed by atoms with E-state index in [4.69, 9.17) is 4.74 Å². The van der Waals surface area contributed by atoms with Crippen LogP contribution in [-0.2, 0) is 9.53 Å². The van der Waals surface area contributed by atoms with Gasteiger partial charge in [-0.25, -0.2) is 0 Å². The van der Waals surface area contributed by atoms with Crippen molar-refractivity contribution in [3.8, 4) is 0 Å². The van der Waals surface area contributed by atoms with Gasteiger partial charge in [0.05, 0.1) is 0 Å². The molecular weight excluding hydrogens is 495 g/mol. The van der Waals surface area contributed by atoms with Gasteiger partial charge in [0, 0.05) is 19.0 Å². The fourth-order valence-corrected chi connectivity index (χ4v) is 3.90. The Kier molecular flexibility index (Phi) is 6.68. The number of esters is 1. The summed E-state index contributed by atoms with van der Waals surface area (Å²) in [7, 11) is 0. The van der Waals surface area contributed by atoms with Crippen molar-refractivity contribution in [3.63, 3.8) is 0 Å². The minimum absolute atomic E-state index is 0.248. The van der Waals surface area contributed by atoms with Gasteiger partial charge in [0.25, 0.3) is 5.60 Å². The summed E-state index contributed by atoms with van der Waals surface area (Å²) in [5.74, 6) is -1.53. The monoisotopic (exact) mass is 517 g/mol. The van der Waals surface area contributed by atoms with Crippen LogP contribution in [-0.4, -0.2) is 51.1 Å². The Bertz CT molecular complexity index is 527. The molecule has 1 saturated heterocycles. The Morgan fingerprint density at radius 3 is 2.04 bits per heavy atom. The van der Waals surface area contributed by atoms with E-state index in [-0.39, 0.29) is 6.04 Å². The number of rotatable bonds is 6. The SMILES string of the molecule is CC(I)(C(=O)OC(CC(O)(C(F)(F)F)C(F)(F)F)C1CCCCC1)C1CN1. The summed E-state index contributed by atoms with van der Waals surface area (Å²) in [4.78, 5) is 12.5. The van der Waals surface area contributed by atoms with Gasteiger partial charge in [0.15, 0.2) is 0 Å². The van der Waals surface area contributed by atoms with Gasteiger partial charge < -0.3 is 15.2 Å². The van der Waals surface area contributed by atoms with Crippen LogP contribution in [0.15, 0.2) is 0 Å². The second kappa shape index (κ2) is 7.85. The fraction of sp³-hybridized carbons (Fsp3) is 0.938. The zero-order valence-corrected chi connectivity index (χ0v) is 16.7. The van der Waals surface area contributed by atoms with Crippen LogP contribution < -0.4 is 5.32 Å². The van der Waals surface area contributed by atoms with Crippen molar-refractivity contribution in [2.24, 2.45) is 5.92 Å². The molecule has 3 atom stereocenters. The van der Waals surface area contributed by atoms with Crippen LogP contribution in [0, 0.1) is 5.92 Å². The highest BCUT2D eigenvalue weighted by Gasteiger charge is 2.71. The molecule has 1 aliphatic heterocycles. The molecule has 0 aromatic carbocycles. The van der Waals surface area contributed by atoms with Crippen molar-refractivity contribution in [2.45, 2.75) is 79.0 Å². The lowest BCUT2D eigenvalue weighted by molar-refractivity contribution is -0.375. The highest BCUT2D eigenvalue weighted by molar-refractivity contribution is 14.1. The Balaban J connectivity index is 2.27. The van der Waals surface area contributed by atoms with Crippen LogP contribution in [0.4, 0.5) is 26.3 Å². The number of ether oxygens (including phenoxy) is 1. The van der Waals surface area contributed by atoms with Crippen LogP contribution in [0.25, 0.3) is 0 Å². The number of hydrogen-bond acceptors (Lipinski definition) is 4. The standard InChI is InChI=1S/C16H22F6INO3/c1-13(23,11-8-24-11)12(25)27-10(9-5-3-2-4-6-9)7-14(26,15(17,18)19)16(20,21)22/h9-11,24,26H,2-8H2,1H3. The Morgan fingerprint density at radius 2 is 1.63 bits per heavy atom. The second-order valence-corrected chi connectivity index (χ2v) is 9.68. The fourth-order valence-electron chi connectivity index (χ4n) is 3.33. The third-order valence-electron chi connectivity index (χ3n) is 5.33. The van der Waals surface area contributed by atoms with Crippen LogP contribution in [0.2, 0.25) is 0 Å².